The van der Waals surface area contributed by atoms with Crippen LogP contribution in [-0.2, 0) is 4.79 Å². The number of aliphatic imine (C=N–C) groups is 1. The summed E-state index contributed by atoms with van der Waals surface area (Å²) in [5.41, 5.74) is 0. The fourth-order valence-corrected chi connectivity index (χ4v) is 4.85. The molecule has 0 bridgehead atoms. The van der Waals surface area contributed by atoms with Crippen molar-refractivity contribution in [3.8, 4) is 0 Å². The zero-order valence-corrected chi connectivity index (χ0v) is 12.5. The lowest BCUT2D eigenvalue weighted by Crippen LogP contribution is -2.34. The SMILES string of the molecule is O=C1NC(=NC2CCC(C(F)(F)F)CC2)SC12CCCC2. The molecule has 7 heteroatoms. The van der Waals surface area contributed by atoms with Gasteiger partial charge in [0.15, 0.2) is 5.17 Å². The number of halogens is 3. The van der Waals surface area contributed by atoms with Crippen molar-refractivity contribution in [2.24, 2.45) is 10.9 Å². The molecule has 0 atom stereocenters. The number of carbonyl (C=O) groups excluding carboxylic acids is 1. The molecule has 1 N–H and O–H groups in total. The minimum absolute atomic E-state index is 0.0349. The molecule has 0 unspecified atom stereocenters. The number of hydrogen-bond acceptors (Lipinski definition) is 3. The van der Waals surface area contributed by atoms with E-state index in [9.17, 15) is 18.0 Å². The molecule has 3 rings (SSSR count). The zero-order valence-electron chi connectivity index (χ0n) is 11.7. The molecule has 21 heavy (non-hydrogen) atoms. The van der Waals surface area contributed by atoms with E-state index in [1.165, 1.54) is 11.8 Å². The Labute approximate surface area is 126 Å². The summed E-state index contributed by atoms with van der Waals surface area (Å²) in [5.74, 6) is -1.14. The van der Waals surface area contributed by atoms with Crippen molar-refractivity contribution in [3.05, 3.63) is 0 Å². The maximum atomic E-state index is 12.6. The molecule has 1 spiro atoms. The Balaban J connectivity index is 1.59. The number of thioether (sulfide) groups is 1. The van der Waals surface area contributed by atoms with E-state index >= 15 is 0 Å². The lowest BCUT2D eigenvalue weighted by molar-refractivity contribution is -0.182. The smallest absolute Gasteiger partial charge is 0.304 e. The Bertz CT molecular complexity index is 450. The van der Waals surface area contributed by atoms with Crippen molar-refractivity contribution in [1.29, 1.82) is 0 Å². The molecule has 2 aliphatic carbocycles. The fourth-order valence-electron chi connectivity index (χ4n) is 3.50. The highest BCUT2D eigenvalue weighted by Gasteiger charge is 2.48. The van der Waals surface area contributed by atoms with Crippen LogP contribution in [0.25, 0.3) is 0 Å². The zero-order chi connectivity index (χ0) is 15.1. The Morgan fingerprint density at radius 2 is 1.76 bits per heavy atom. The van der Waals surface area contributed by atoms with Gasteiger partial charge in [0.25, 0.3) is 0 Å². The first-order chi connectivity index (χ1) is 9.89. The second-order valence-electron chi connectivity index (χ2n) is 6.24. The number of nitrogens with one attached hydrogen (secondary N) is 1. The van der Waals surface area contributed by atoms with E-state index in [4.69, 9.17) is 0 Å². The van der Waals surface area contributed by atoms with Crippen molar-refractivity contribution in [2.75, 3.05) is 0 Å². The Kier molecular flexibility index (Phi) is 3.96. The lowest BCUT2D eigenvalue weighted by Gasteiger charge is -2.28. The molecule has 3 nitrogen and oxygen atoms in total. The number of nitrogens with zero attached hydrogens (tertiary/aromatic N) is 1. The maximum Gasteiger partial charge on any atom is 0.391 e. The predicted octanol–water partition coefficient (Wildman–Crippen LogP) is 3.64. The first kappa shape index (κ1) is 15.2. The molecule has 2 saturated carbocycles. The number of rotatable bonds is 1. The van der Waals surface area contributed by atoms with Gasteiger partial charge in [-0.2, -0.15) is 13.2 Å². The van der Waals surface area contributed by atoms with Gasteiger partial charge in [0.05, 0.1) is 12.0 Å². The number of carbonyl (C=O) groups is 1. The Morgan fingerprint density at radius 3 is 2.33 bits per heavy atom. The van der Waals surface area contributed by atoms with Crippen LogP contribution in [-0.4, -0.2) is 28.0 Å². The summed E-state index contributed by atoms with van der Waals surface area (Å²) in [6, 6.07) is -0.0806. The largest absolute Gasteiger partial charge is 0.391 e. The van der Waals surface area contributed by atoms with Gasteiger partial charge in [-0.3, -0.25) is 9.79 Å². The standard InChI is InChI=1S/C14H19F3N2OS/c15-14(16,17)9-3-5-10(6-4-9)18-12-19-11(20)13(21-12)7-1-2-8-13/h9-10H,1-8H2,(H,18,19,20). The number of amidine groups is 1. The average molecular weight is 320 g/mol. The van der Waals surface area contributed by atoms with Crippen LogP contribution in [0.2, 0.25) is 0 Å². The van der Waals surface area contributed by atoms with Crippen LogP contribution in [0.15, 0.2) is 4.99 Å². The third-order valence-corrected chi connectivity index (χ3v) is 6.18. The predicted molar refractivity (Wildman–Crippen MR) is 76.2 cm³/mol. The van der Waals surface area contributed by atoms with E-state index in [0.29, 0.717) is 18.0 Å². The summed E-state index contributed by atoms with van der Waals surface area (Å²) in [6.07, 6.45) is 1.00. The quantitative estimate of drug-likeness (QED) is 0.801. The van der Waals surface area contributed by atoms with Crippen LogP contribution >= 0.6 is 11.8 Å². The van der Waals surface area contributed by atoms with Crippen molar-refractivity contribution in [2.45, 2.75) is 68.3 Å². The first-order valence-corrected chi connectivity index (χ1v) is 8.36. The van der Waals surface area contributed by atoms with Gasteiger partial charge < -0.3 is 5.32 Å². The van der Waals surface area contributed by atoms with Gasteiger partial charge in [-0.05, 0) is 38.5 Å². The summed E-state index contributed by atoms with van der Waals surface area (Å²) in [4.78, 5) is 16.6. The minimum atomic E-state index is -4.08. The van der Waals surface area contributed by atoms with Crippen molar-refractivity contribution in [3.63, 3.8) is 0 Å². The molecule has 3 aliphatic rings. The normalized spacial score (nSPS) is 34.6. The van der Waals surface area contributed by atoms with Crippen LogP contribution in [0.1, 0.15) is 51.4 Å². The summed E-state index contributed by atoms with van der Waals surface area (Å²) in [7, 11) is 0. The van der Waals surface area contributed by atoms with Gasteiger partial charge >= 0.3 is 6.18 Å². The molecule has 118 valence electrons. The molecule has 3 fully saturated rings. The van der Waals surface area contributed by atoms with Gasteiger partial charge in [-0.1, -0.05) is 24.6 Å². The van der Waals surface area contributed by atoms with Crippen molar-refractivity contribution in [1.82, 2.24) is 5.32 Å². The van der Waals surface area contributed by atoms with Crippen molar-refractivity contribution < 1.29 is 18.0 Å². The van der Waals surface area contributed by atoms with E-state index in [2.05, 4.69) is 10.3 Å². The van der Waals surface area contributed by atoms with Crippen LogP contribution in [0.5, 0.6) is 0 Å². The Morgan fingerprint density at radius 1 is 1.14 bits per heavy atom. The molecule has 1 aliphatic heterocycles. The lowest BCUT2D eigenvalue weighted by atomic mass is 9.86. The van der Waals surface area contributed by atoms with E-state index in [1.807, 2.05) is 0 Å². The van der Waals surface area contributed by atoms with E-state index in [0.717, 1.165) is 25.7 Å². The Hall–Kier alpha value is -0.720. The number of alkyl halides is 3. The first-order valence-electron chi connectivity index (χ1n) is 7.54. The third kappa shape index (κ3) is 3.07. The number of hydrogen-bond donors (Lipinski definition) is 1. The van der Waals surface area contributed by atoms with Crippen LogP contribution in [0, 0.1) is 5.92 Å². The highest BCUT2D eigenvalue weighted by molar-refractivity contribution is 8.16. The van der Waals surface area contributed by atoms with Crippen LogP contribution < -0.4 is 5.32 Å². The van der Waals surface area contributed by atoms with E-state index in [1.54, 1.807) is 0 Å². The molecule has 0 aromatic carbocycles. The monoisotopic (exact) mass is 320 g/mol. The topological polar surface area (TPSA) is 41.5 Å². The summed E-state index contributed by atoms with van der Waals surface area (Å²) < 4.78 is 37.5. The molecule has 0 radical (unpaired) electrons. The highest BCUT2D eigenvalue weighted by atomic mass is 32.2. The fraction of sp³-hybridized carbons (Fsp3) is 0.857. The van der Waals surface area contributed by atoms with Gasteiger partial charge in [0.2, 0.25) is 5.91 Å². The maximum absolute atomic E-state index is 12.6. The summed E-state index contributed by atoms with van der Waals surface area (Å²) in [5, 5.41) is 3.45. The van der Waals surface area contributed by atoms with Gasteiger partial charge in [0, 0.05) is 0 Å². The molecule has 1 heterocycles. The molecule has 1 saturated heterocycles. The van der Waals surface area contributed by atoms with Gasteiger partial charge in [-0.15, -0.1) is 0 Å². The van der Waals surface area contributed by atoms with E-state index < -0.39 is 12.1 Å². The second kappa shape index (κ2) is 5.48. The van der Waals surface area contributed by atoms with Crippen LogP contribution in [0.4, 0.5) is 13.2 Å². The van der Waals surface area contributed by atoms with Gasteiger partial charge in [-0.25, -0.2) is 0 Å². The minimum Gasteiger partial charge on any atom is -0.304 e. The molecule has 0 aromatic heterocycles. The highest BCUT2D eigenvalue weighted by Crippen LogP contribution is 2.46. The average Bonchev–Trinajstić information content (AvgIpc) is 2.98. The van der Waals surface area contributed by atoms with Crippen LogP contribution in [0.3, 0.4) is 0 Å². The van der Waals surface area contributed by atoms with E-state index in [-0.39, 0.29) is 29.5 Å². The van der Waals surface area contributed by atoms with Gasteiger partial charge in [0.1, 0.15) is 4.75 Å². The molecular formula is C14H19F3N2OS. The molecule has 0 aromatic rings. The summed E-state index contributed by atoms with van der Waals surface area (Å²) >= 11 is 1.50. The number of amides is 1. The molecule has 1 amide bonds. The third-order valence-electron chi connectivity index (χ3n) is 4.80. The second-order valence-corrected chi connectivity index (χ2v) is 7.61. The van der Waals surface area contributed by atoms with Crippen molar-refractivity contribution >= 4 is 22.8 Å². The summed E-state index contributed by atoms with van der Waals surface area (Å²) in [6.45, 7) is 0. The molecular weight excluding hydrogens is 301 g/mol.